The summed E-state index contributed by atoms with van der Waals surface area (Å²) in [4.78, 5) is 14.7. The van der Waals surface area contributed by atoms with Gasteiger partial charge in [-0.2, -0.15) is 0 Å². The van der Waals surface area contributed by atoms with Gasteiger partial charge in [-0.15, -0.1) is 0 Å². The van der Waals surface area contributed by atoms with Gasteiger partial charge < -0.3 is 9.47 Å². The van der Waals surface area contributed by atoms with Gasteiger partial charge in [-0.1, -0.05) is 42.5 Å². The third-order valence-corrected chi connectivity index (χ3v) is 4.80. The Morgan fingerprint density at radius 2 is 1.73 bits per heavy atom. The number of hydrogen-bond acceptors (Lipinski definition) is 1. The van der Waals surface area contributed by atoms with Crippen LogP contribution in [0, 0.1) is 5.82 Å². The van der Waals surface area contributed by atoms with E-state index in [2.05, 4.69) is 16.7 Å². The molecule has 0 saturated heterocycles. The Kier molecular flexibility index (Phi) is 4.57. The van der Waals surface area contributed by atoms with Gasteiger partial charge in [0, 0.05) is 24.5 Å². The Balaban J connectivity index is 1.56. The zero-order chi connectivity index (χ0) is 17.9. The molecule has 3 nitrogen and oxygen atoms in total. The van der Waals surface area contributed by atoms with Crippen LogP contribution in [0.2, 0.25) is 0 Å². The number of amides is 1. The number of benzene rings is 2. The molecule has 0 unspecified atom stereocenters. The number of carbonyl (C=O) groups is 1. The van der Waals surface area contributed by atoms with Crippen LogP contribution in [0.3, 0.4) is 0 Å². The van der Waals surface area contributed by atoms with Crippen molar-refractivity contribution >= 4 is 5.91 Å². The van der Waals surface area contributed by atoms with E-state index < -0.39 is 5.82 Å². The summed E-state index contributed by atoms with van der Waals surface area (Å²) in [6, 6.07) is 20.7. The minimum Gasteiger partial charge on any atom is -0.345 e. The molecule has 3 aromatic rings. The Bertz CT molecular complexity index is 899. The molecule has 1 saturated carbocycles. The minimum absolute atomic E-state index is 0.153. The van der Waals surface area contributed by atoms with Crippen LogP contribution in [-0.2, 0) is 13.1 Å². The van der Waals surface area contributed by atoms with E-state index in [0.29, 0.717) is 6.54 Å². The molecule has 0 atom stereocenters. The van der Waals surface area contributed by atoms with Crippen LogP contribution in [0.25, 0.3) is 0 Å². The maximum atomic E-state index is 14.1. The summed E-state index contributed by atoms with van der Waals surface area (Å²) in [5, 5.41) is 0. The molecule has 1 fully saturated rings. The first-order valence-corrected chi connectivity index (χ1v) is 8.96. The first kappa shape index (κ1) is 16.6. The van der Waals surface area contributed by atoms with E-state index in [9.17, 15) is 9.18 Å². The molecule has 4 heteroatoms. The van der Waals surface area contributed by atoms with Crippen LogP contribution >= 0.6 is 0 Å². The highest BCUT2D eigenvalue weighted by atomic mass is 19.1. The molecule has 0 aliphatic heterocycles. The van der Waals surface area contributed by atoms with Crippen LogP contribution in [0.1, 0.15) is 34.5 Å². The van der Waals surface area contributed by atoms with Crippen molar-refractivity contribution in [3.63, 3.8) is 0 Å². The van der Waals surface area contributed by atoms with E-state index in [4.69, 9.17) is 0 Å². The van der Waals surface area contributed by atoms with Crippen molar-refractivity contribution in [3.8, 4) is 0 Å². The molecule has 1 amide bonds. The fourth-order valence-corrected chi connectivity index (χ4v) is 3.24. The molecule has 1 heterocycles. The number of hydrogen-bond donors (Lipinski definition) is 0. The fourth-order valence-electron chi connectivity index (χ4n) is 3.24. The molecule has 26 heavy (non-hydrogen) atoms. The molecule has 1 aliphatic carbocycles. The molecule has 132 valence electrons. The van der Waals surface area contributed by atoms with Crippen LogP contribution in [0.4, 0.5) is 4.39 Å². The van der Waals surface area contributed by atoms with E-state index in [1.165, 1.54) is 11.6 Å². The van der Waals surface area contributed by atoms with Gasteiger partial charge in [0.2, 0.25) is 0 Å². The zero-order valence-electron chi connectivity index (χ0n) is 14.5. The Hall–Kier alpha value is -2.88. The lowest BCUT2D eigenvalue weighted by Crippen LogP contribution is -2.34. The maximum Gasteiger partial charge on any atom is 0.257 e. The molecular formula is C22H21FN2O. The lowest BCUT2D eigenvalue weighted by atomic mass is 10.1. The van der Waals surface area contributed by atoms with E-state index in [0.717, 1.165) is 25.1 Å². The predicted molar refractivity (Wildman–Crippen MR) is 99.3 cm³/mol. The Labute approximate surface area is 152 Å². The van der Waals surface area contributed by atoms with Crippen molar-refractivity contribution < 1.29 is 9.18 Å². The van der Waals surface area contributed by atoms with Crippen molar-refractivity contribution in [2.45, 2.75) is 32.0 Å². The average Bonchev–Trinajstić information content (AvgIpc) is 3.41. The predicted octanol–water partition coefficient (Wildman–Crippen LogP) is 4.48. The lowest BCUT2D eigenvalue weighted by Gasteiger charge is -2.24. The fraction of sp³-hybridized carbons (Fsp3) is 0.227. The van der Waals surface area contributed by atoms with Crippen LogP contribution in [0.5, 0.6) is 0 Å². The van der Waals surface area contributed by atoms with Gasteiger partial charge in [0.1, 0.15) is 5.82 Å². The Morgan fingerprint density at radius 1 is 1.00 bits per heavy atom. The summed E-state index contributed by atoms with van der Waals surface area (Å²) in [5.41, 5.74) is 2.43. The van der Waals surface area contributed by atoms with Gasteiger partial charge in [0.15, 0.2) is 0 Å². The summed E-state index contributed by atoms with van der Waals surface area (Å²) < 4.78 is 16.2. The number of carbonyl (C=O) groups excluding carboxylic acids is 1. The van der Waals surface area contributed by atoms with Crippen LogP contribution < -0.4 is 0 Å². The summed E-state index contributed by atoms with van der Waals surface area (Å²) in [6.45, 7) is 1.26. The van der Waals surface area contributed by atoms with E-state index >= 15 is 0 Å². The summed E-state index contributed by atoms with van der Waals surface area (Å²) in [5.74, 6) is -0.680. The standard InChI is InChI=1S/C22H21FN2O/c23-21-11-5-4-10-20(21)22(26)25(18-12-13-18)16-19-9-6-14-24(19)15-17-7-2-1-3-8-17/h1-11,14,18H,12-13,15-16H2. The second-order valence-electron chi connectivity index (χ2n) is 6.76. The van der Waals surface area contributed by atoms with Crippen LogP contribution in [-0.4, -0.2) is 21.4 Å². The number of rotatable bonds is 6. The first-order chi connectivity index (χ1) is 12.7. The topological polar surface area (TPSA) is 25.2 Å². The second kappa shape index (κ2) is 7.16. The number of halogens is 1. The van der Waals surface area contributed by atoms with Gasteiger partial charge in [-0.3, -0.25) is 4.79 Å². The number of nitrogens with zero attached hydrogens (tertiary/aromatic N) is 2. The molecule has 0 spiro atoms. The molecule has 2 aromatic carbocycles. The van der Waals surface area contributed by atoms with Crippen molar-refractivity contribution in [1.29, 1.82) is 0 Å². The lowest BCUT2D eigenvalue weighted by molar-refractivity contribution is 0.0721. The highest BCUT2D eigenvalue weighted by Gasteiger charge is 2.34. The van der Waals surface area contributed by atoms with Gasteiger partial charge in [0.05, 0.1) is 12.1 Å². The first-order valence-electron chi connectivity index (χ1n) is 8.96. The van der Waals surface area contributed by atoms with E-state index in [1.807, 2.05) is 41.4 Å². The van der Waals surface area contributed by atoms with Crippen molar-refractivity contribution in [2.75, 3.05) is 0 Å². The van der Waals surface area contributed by atoms with Crippen LogP contribution in [0.15, 0.2) is 72.9 Å². The summed E-state index contributed by atoms with van der Waals surface area (Å²) in [6.07, 6.45) is 4.00. The quantitative estimate of drug-likeness (QED) is 0.645. The Morgan fingerprint density at radius 3 is 2.46 bits per heavy atom. The smallest absolute Gasteiger partial charge is 0.257 e. The average molecular weight is 348 g/mol. The summed E-state index contributed by atoms with van der Waals surface area (Å²) in [7, 11) is 0. The van der Waals surface area contributed by atoms with Crippen molar-refractivity contribution in [3.05, 3.63) is 95.6 Å². The van der Waals surface area contributed by atoms with Crippen molar-refractivity contribution in [1.82, 2.24) is 9.47 Å². The molecule has 0 radical (unpaired) electrons. The monoisotopic (exact) mass is 348 g/mol. The summed E-state index contributed by atoms with van der Waals surface area (Å²) >= 11 is 0. The van der Waals surface area contributed by atoms with Gasteiger partial charge in [-0.25, -0.2) is 4.39 Å². The molecule has 0 N–H and O–H groups in total. The zero-order valence-corrected chi connectivity index (χ0v) is 14.5. The third kappa shape index (κ3) is 3.54. The minimum atomic E-state index is -0.456. The van der Waals surface area contributed by atoms with Gasteiger partial charge >= 0.3 is 0 Å². The highest BCUT2D eigenvalue weighted by Crippen LogP contribution is 2.30. The molecule has 4 rings (SSSR count). The van der Waals surface area contributed by atoms with Crippen molar-refractivity contribution in [2.24, 2.45) is 0 Å². The van der Waals surface area contributed by atoms with E-state index in [-0.39, 0.29) is 17.5 Å². The largest absolute Gasteiger partial charge is 0.345 e. The highest BCUT2D eigenvalue weighted by molar-refractivity contribution is 5.94. The third-order valence-electron chi connectivity index (χ3n) is 4.80. The number of aromatic nitrogens is 1. The normalized spacial score (nSPS) is 13.6. The van der Waals surface area contributed by atoms with E-state index in [1.54, 1.807) is 18.2 Å². The second-order valence-corrected chi connectivity index (χ2v) is 6.76. The molecule has 1 aliphatic rings. The molecule has 0 bridgehead atoms. The molecular weight excluding hydrogens is 327 g/mol. The molecule has 1 aromatic heterocycles. The maximum absolute atomic E-state index is 14.1. The SMILES string of the molecule is O=C(c1ccccc1F)N(Cc1cccn1Cc1ccccc1)C1CC1. The van der Waals surface area contributed by atoms with Gasteiger partial charge in [0.25, 0.3) is 5.91 Å². The van der Waals surface area contributed by atoms with Gasteiger partial charge in [-0.05, 0) is 42.7 Å².